The van der Waals surface area contributed by atoms with Gasteiger partial charge in [-0.15, -0.1) is 0 Å². The van der Waals surface area contributed by atoms with Crippen LogP contribution in [0.2, 0.25) is 0 Å². The summed E-state index contributed by atoms with van der Waals surface area (Å²) in [6.07, 6.45) is 1.28. The molecule has 2 aromatic rings. The quantitative estimate of drug-likeness (QED) is 0.737. The Hall–Kier alpha value is -2.83. The average molecular weight is 303 g/mol. The summed E-state index contributed by atoms with van der Waals surface area (Å²) in [5.74, 6) is 0.410. The molecule has 0 bridgehead atoms. The maximum atomic E-state index is 11.7. The van der Waals surface area contributed by atoms with Gasteiger partial charge in [0.05, 0.1) is 6.54 Å². The molecule has 0 aliphatic rings. The van der Waals surface area contributed by atoms with Gasteiger partial charge in [-0.1, -0.05) is 12.1 Å². The largest absolute Gasteiger partial charge is 0.492 e. The van der Waals surface area contributed by atoms with Gasteiger partial charge in [0.1, 0.15) is 18.9 Å². The van der Waals surface area contributed by atoms with Crippen LogP contribution in [0, 0.1) is 6.92 Å². The van der Waals surface area contributed by atoms with Gasteiger partial charge in [0, 0.05) is 12.3 Å². The summed E-state index contributed by atoms with van der Waals surface area (Å²) in [5, 5.41) is 2.64. The molecule has 0 spiro atoms. The highest BCUT2D eigenvalue weighted by molar-refractivity contribution is 5.75. The number of hydrogen-bond donors (Lipinski definition) is 2. The van der Waals surface area contributed by atoms with Crippen molar-refractivity contribution in [3.8, 4) is 5.75 Å². The number of hydrogen-bond acceptors (Lipinski definition) is 4. The zero-order valence-corrected chi connectivity index (χ0v) is 12.2. The molecule has 22 heavy (non-hydrogen) atoms. The molecular weight excluding hydrogens is 286 g/mol. The van der Waals surface area contributed by atoms with E-state index in [9.17, 15) is 14.4 Å². The molecule has 0 unspecified atom stereocenters. The van der Waals surface area contributed by atoms with E-state index >= 15 is 0 Å². The first kappa shape index (κ1) is 15.6. The number of carbonyl (C=O) groups is 1. The monoisotopic (exact) mass is 303 g/mol. The predicted octanol–water partition coefficient (Wildman–Crippen LogP) is 0.0402. The van der Waals surface area contributed by atoms with Crippen molar-refractivity contribution in [1.82, 2.24) is 14.9 Å². The minimum Gasteiger partial charge on any atom is -0.492 e. The summed E-state index contributed by atoms with van der Waals surface area (Å²) in [5.41, 5.74) is -0.00847. The van der Waals surface area contributed by atoms with Crippen molar-refractivity contribution in [2.75, 3.05) is 13.2 Å². The van der Waals surface area contributed by atoms with Crippen LogP contribution in [0.15, 0.2) is 46.1 Å². The normalized spacial score (nSPS) is 10.2. The zero-order valence-electron chi connectivity index (χ0n) is 12.2. The molecule has 1 aromatic carbocycles. The van der Waals surface area contributed by atoms with Crippen molar-refractivity contribution in [1.29, 1.82) is 0 Å². The van der Waals surface area contributed by atoms with Crippen molar-refractivity contribution in [2.45, 2.75) is 13.5 Å². The molecule has 0 saturated carbocycles. The molecule has 0 aliphatic carbocycles. The Morgan fingerprint density at radius 3 is 2.86 bits per heavy atom. The zero-order chi connectivity index (χ0) is 15.9. The van der Waals surface area contributed by atoms with Gasteiger partial charge in [0.25, 0.3) is 5.56 Å². The fourth-order valence-electron chi connectivity index (χ4n) is 1.84. The van der Waals surface area contributed by atoms with Crippen LogP contribution in [-0.2, 0) is 11.3 Å². The van der Waals surface area contributed by atoms with Gasteiger partial charge in [-0.3, -0.25) is 19.1 Å². The van der Waals surface area contributed by atoms with Crippen molar-refractivity contribution in [2.24, 2.45) is 0 Å². The first-order valence-electron chi connectivity index (χ1n) is 6.80. The van der Waals surface area contributed by atoms with E-state index in [1.54, 1.807) is 0 Å². The van der Waals surface area contributed by atoms with Crippen LogP contribution in [0.1, 0.15) is 5.56 Å². The topological polar surface area (TPSA) is 93.2 Å². The molecule has 0 atom stereocenters. The first-order valence-corrected chi connectivity index (χ1v) is 6.80. The number of nitrogens with one attached hydrogen (secondary N) is 2. The molecule has 1 amide bonds. The minimum atomic E-state index is -0.612. The summed E-state index contributed by atoms with van der Waals surface area (Å²) in [7, 11) is 0. The molecule has 0 radical (unpaired) electrons. The van der Waals surface area contributed by atoms with Crippen LogP contribution in [-0.4, -0.2) is 28.6 Å². The first-order chi connectivity index (χ1) is 10.5. The van der Waals surface area contributed by atoms with Gasteiger partial charge in [-0.25, -0.2) is 4.79 Å². The number of aryl methyl sites for hydroxylation is 1. The lowest BCUT2D eigenvalue weighted by Gasteiger charge is -2.09. The number of amides is 1. The highest BCUT2D eigenvalue weighted by Gasteiger charge is 2.04. The maximum Gasteiger partial charge on any atom is 0.328 e. The van der Waals surface area contributed by atoms with E-state index in [0.29, 0.717) is 13.2 Å². The number of benzene rings is 1. The van der Waals surface area contributed by atoms with Gasteiger partial charge in [-0.2, -0.15) is 0 Å². The van der Waals surface area contributed by atoms with E-state index in [1.165, 1.54) is 12.3 Å². The van der Waals surface area contributed by atoms with Crippen molar-refractivity contribution < 1.29 is 9.53 Å². The van der Waals surface area contributed by atoms with Crippen LogP contribution < -0.4 is 21.3 Å². The van der Waals surface area contributed by atoms with E-state index in [2.05, 4.69) is 10.3 Å². The third kappa shape index (κ3) is 4.62. The fraction of sp³-hybridized carbons (Fsp3) is 0.267. The van der Waals surface area contributed by atoms with E-state index in [0.717, 1.165) is 15.9 Å². The van der Waals surface area contributed by atoms with Gasteiger partial charge < -0.3 is 10.1 Å². The molecular formula is C15H17N3O4. The summed E-state index contributed by atoms with van der Waals surface area (Å²) in [4.78, 5) is 36.1. The van der Waals surface area contributed by atoms with E-state index < -0.39 is 11.2 Å². The van der Waals surface area contributed by atoms with E-state index in [-0.39, 0.29) is 12.5 Å². The molecule has 2 rings (SSSR count). The van der Waals surface area contributed by atoms with Crippen LogP contribution in [0.25, 0.3) is 0 Å². The van der Waals surface area contributed by atoms with Crippen LogP contribution in [0.5, 0.6) is 5.75 Å². The summed E-state index contributed by atoms with van der Waals surface area (Å²) in [6.45, 7) is 2.47. The SMILES string of the molecule is Cc1cccc(OCCNC(=O)Cn2ccc(=O)[nH]c2=O)c1. The van der Waals surface area contributed by atoms with E-state index in [1.807, 2.05) is 31.2 Å². The van der Waals surface area contributed by atoms with Crippen molar-refractivity contribution in [3.63, 3.8) is 0 Å². The van der Waals surface area contributed by atoms with Gasteiger partial charge in [-0.05, 0) is 24.6 Å². The van der Waals surface area contributed by atoms with Crippen LogP contribution >= 0.6 is 0 Å². The third-order valence-electron chi connectivity index (χ3n) is 2.89. The fourth-order valence-corrected chi connectivity index (χ4v) is 1.84. The number of aromatic amines is 1. The Kier molecular flexibility index (Phi) is 5.13. The molecule has 1 aromatic heterocycles. The number of rotatable bonds is 6. The Bertz CT molecular complexity index is 764. The Morgan fingerprint density at radius 1 is 1.32 bits per heavy atom. The number of H-pyrrole nitrogens is 1. The Labute approximate surface area is 126 Å². The second-order valence-electron chi connectivity index (χ2n) is 4.75. The smallest absolute Gasteiger partial charge is 0.328 e. The standard InChI is InChI=1S/C15H17N3O4/c1-11-3-2-4-12(9-11)22-8-6-16-14(20)10-18-7-5-13(19)17-15(18)21/h2-5,7,9H,6,8,10H2,1H3,(H,16,20)(H,17,19,21). The van der Waals surface area contributed by atoms with Gasteiger partial charge in [0.15, 0.2) is 0 Å². The lowest BCUT2D eigenvalue weighted by Crippen LogP contribution is -2.36. The van der Waals surface area contributed by atoms with Gasteiger partial charge >= 0.3 is 5.69 Å². The minimum absolute atomic E-state index is 0.153. The second-order valence-corrected chi connectivity index (χ2v) is 4.75. The molecule has 116 valence electrons. The molecule has 0 saturated heterocycles. The second kappa shape index (κ2) is 7.26. The lowest BCUT2D eigenvalue weighted by molar-refractivity contribution is -0.121. The average Bonchev–Trinajstić information content (AvgIpc) is 2.47. The highest BCUT2D eigenvalue weighted by atomic mass is 16.5. The molecule has 2 N–H and O–H groups in total. The number of aromatic nitrogens is 2. The summed E-state index contributed by atoms with van der Waals surface area (Å²) >= 11 is 0. The molecule has 0 aliphatic heterocycles. The molecule has 7 nitrogen and oxygen atoms in total. The van der Waals surface area contributed by atoms with Crippen LogP contribution in [0.3, 0.4) is 0 Å². The number of carbonyl (C=O) groups excluding carboxylic acids is 1. The summed E-state index contributed by atoms with van der Waals surface area (Å²) in [6, 6.07) is 8.80. The lowest BCUT2D eigenvalue weighted by atomic mass is 10.2. The molecule has 7 heteroatoms. The summed E-state index contributed by atoms with van der Waals surface area (Å²) < 4.78 is 6.62. The Morgan fingerprint density at radius 2 is 2.14 bits per heavy atom. The molecule has 0 fully saturated rings. The van der Waals surface area contributed by atoms with E-state index in [4.69, 9.17) is 4.74 Å². The van der Waals surface area contributed by atoms with Crippen LogP contribution in [0.4, 0.5) is 0 Å². The highest BCUT2D eigenvalue weighted by Crippen LogP contribution is 2.11. The number of nitrogens with zero attached hydrogens (tertiary/aromatic N) is 1. The predicted molar refractivity (Wildman–Crippen MR) is 81.0 cm³/mol. The Balaban J connectivity index is 1.76. The van der Waals surface area contributed by atoms with Crippen molar-refractivity contribution >= 4 is 5.91 Å². The van der Waals surface area contributed by atoms with Gasteiger partial charge in [0.2, 0.25) is 5.91 Å². The van der Waals surface area contributed by atoms with Crippen molar-refractivity contribution in [3.05, 3.63) is 62.9 Å². The third-order valence-corrected chi connectivity index (χ3v) is 2.89. The maximum absolute atomic E-state index is 11.7. The molecule has 1 heterocycles. The number of ether oxygens (including phenoxy) is 1.